The summed E-state index contributed by atoms with van der Waals surface area (Å²) in [5, 5.41) is 3.24. The van der Waals surface area contributed by atoms with E-state index < -0.39 is 0 Å². The van der Waals surface area contributed by atoms with Crippen molar-refractivity contribution >= 4 is 29.6 Å². The third kappa shape index (κ3) is 3.60. The molecule has 0 spiro atoms. The first-order valence-corrected chi connectivity index (χ1v) is 7.65. The number of nitrogens with zero attached hydrogens (tertiary/aromatic N) is 1. The molecule has 2 aromatic rings. The maximum Gasteiger partial charge on any atom is 0.329 e. The molecule has 1 N–H and O–H groups in total. The molecular weight excluding hydrogens is 312 g/mol. The first-order valence-electron chi connectivity index (χ1n) is 7.27. The fourth-order valence-electron chi connectivity index (χ4n) is 2.39. The summed E-state index contributed by atoms with van der Waals surface area (Å²) in [7, 11) is 0. The highest BCUT2D eigenvalue weighted by atomic mass is 35.5. The maximum atomic E-state index is 12.4. The third-order valence-corrected chi connectivity index (χ3v) is 3.86. The lowest BCUT2D eigenvalue weighted by molar-refractivity contribution is -0.122. The Hall–Kier alpha value is -2.59. The fraction of sp³-hybridized carbons (Fsp3) is 0.111. The van der Waals surface area contributed by atoms with E-state index in [9.17, 15) is 9.59 Å². The minimum Gasteiger partial charge on any atom is -0.303 e. The van der Waals surface area contributed by atoms with E-state index >= 15 is 0 Å². The maximum absolute atomic E-state index is 12.4. The van der Waals surface area contributed by atoms with Crippen molar-refractivity contribution in [1.82, 2.24) is 10.2 Å². The van der Waals surface area contributed by atoms with Gasteiger partial charge in [0, 0.05) is 11.6 Å². The molecule has 116 valence electrons. The van der Waals surface area contributed by atoms with E-state index in [2.05, 4.69) is 5.32 Å². The summed E-state index contributed by atoms with van der Waals surface area (Å²) < 4.78 is 0. The molecule has 0 atom stereocenters. The predicted molar refractivity (Wildman–Crippen MR) is 89.8 cm³/mol. The zero-order chi connectivity index (χ0) is 16.2. The highest BCUT2D eigenvalue weighted by Crippen LogP contribution is 2.16. The number of halogens is 1. The summed E-state index contributed by atoms with van der Waals surface area (Å²) in [5.74, 6) is -0.305. The van der Waals surface area contributed by atoms with Crippen LogP contribution in [-0.2, 0) is 11.2 Å². The van der Waals surface area contributed by atoms with Gasteiger partial charge in [-0.1, -0.05) is 54.1 Å². The highest BCUT2D eigenvalue weighted by molar-refractivity contribution is 6.30. The van der Waals surface area contributed by atoms with Crippen molar-refractivity contribution in [1.29, 1.82) is 0 Å². The summed E-state index contributed by atoms with van der Waals surface area (Å²) in [4.78, 5) is 25.6. The standard InChI is InChI=1S/C18H15ClN2O2/c19-15-8-6-14(7-9-15)12-16-17(22)21(18(23)20-16)11-10-13-4-2-1-3-5-13/h1-9,12H,10-11H2,(H,20,23)/b16-12+. The van der Waals surface area contributed by atoms with Gasteiger partial charge in [-0.3, -0.25) is 9.69 Å². The number of urea groups is 1. The number of carbonyl (C=O) groups is 2. The Labute approximate surface area is 139 Å². The molecule has 0 radical (unpaired) electrons. The molecule has 1 aliphatic heterocycles. The smallest absolute Gasteiger partial charge is 0.303 e. The molecule has 0 unspecified atom stereocenters. The quantitative estimate of drug-likeness (QED) is 0.691. The van der Waals surface area contributed by atoms with Crippen LogP contribution >= 0.6 is 11.6 Å². The van der Waals surface area contributed by atoms with Crippen LogP contribution in [0.2, 0.25) is 5.02 Å². The van der Waals surface area contributed by atoms with Crippen LogP contribution in [-0.4, -0.2) is 23.4 Å². The lowest BCUT2D eigenvalue weighted by Crippen LogP contribution is -2.32. The van der Waals surface area contributed by atoms with Gasteiger partial charge in [-0.05, 0) is 35.8 Å². The van der Waals surface area contributed by atoms with Crippen molar-refractivity contribution in [2.75, 3.05) is 6.54 Å². The van der Waals surface area contributed by atoms with Gasteiger partial charge >= 0.3 is 6.03 Å². The Balaban J connectivity index is 1.71. The average molecular weight is 327 g/mol. The molecule has 3 rings (SSSR count). The van der Waals surface area contributed by atoms with E-state index in [1.807, 2.05) is 30.3 Å². The van der Waals surface area contributed by atoms with Crippen molar-refractivity contribution in [3.8, 4) is 0 Å². The molecule has 3 amide bonds. The number of hydrogen-bond donors (Lipinski definition) is 1. The fourth-order valence-corrected chi connectivity index (χ4v) is 2.51. The van der Waals surface area contributed by atoms with Gasteiger partial charge < -0.3 is 5.32 Å². The number of carbonyl (C=O) groups excluding carboxylic acids is 2. The topological polar surface area (TPSA) is 49.4 Å². The Morgan fingerprint density at radius 2 is 1.70 bits per heavy atom. The van der Waals surface area contributed by atoms with Crippen LogP contribution in [0.5, 0.6) is 0 Å². The van der Waals surface area contributed by atoms with E-state index in [-0.39, 0.29) is 17.6 Å². The van der Waals surface area contributed by atoms with Gasteiger partial charge in [-0.25, -0.2) is 4.79 Å². The summed E-state index contributed by atoms with van der Waals surface area (Å²) >= 11 is 5.84. The number of nitrogens with one attached hydrogen (secondary N) is 1. The van der Waals surface area contributed by atoms with Gasteiger partial charge in [0.25, 0.3) is 5.91 Å². The lowest BCUT2D eigenvalue weighted by Gasteiger charge is -2.11. The van der Waals surface area contributed by atoms with Gasteiger partial charge in [-0.2, -0.15) is 0 Å². The number of rotatable bonds is 4. The van der Waals surface area contributed by atoms with Crippen molar-refractivity contribution in [2.45, 2.75) is 6.42 Å². The van der Waals surface area contributed by atoms with Gasteiger partial charge in [-0.15, -0.1) is 0 Å². The lowest BCUT2D eigenvalue weighted by atomic mass is 10.1. The molecule has 23 heavy (non-hydrogen) atoms. The number of amides is 3. The molecule has 1 aliphatic rings. The van der Waals surface area contributed by atoms with Gasteiger partial charge in [0.05, 0.1) is 0 Å². The first kappa shape index (κ1) is 15.3. The monoisotopic (exact) mass is 326 g/mol. The minimum absolute atomic E-state index is 0.283. The SMILES string of the molecule is O=C1N/C(=C/c2ccc(Cl)cc2)C(=O)N1CCc1ccccc1. The summed E-state index contributed by atoms with van der Waals surface area (Å²) in [6, 6.07) is 16.4. The predicted octanol–water partition coefficient (Wildman–Crippen LogP) is 3.48. The zero-order valence-corrected chi connectivity index (χ0v) is 13.1. The third-order valence-electron chi connectivity index (χ3n) is 3.61. The van der Waals surface area contributed by atoms with Crippen LogP contribution in [0.1, 0.15) is 11.1 Å². The molecule has 1 saturated heterocycles. The van der Waals surface area contributed by atoms with E-state index in [4.69, 9.17) is 11.6 Å². The second-order valence-electron chi connectivity index (χ2n) is 5.23. The molecule has 0 aromatic heterocycles. The van der Waals surface area contributed by atoms with Crippen LogP contribution in [0.3, 0.4) is 0 Å². The second kappa shape index (κ2) is 6.67. The zero-order valence-electron chi connectivity index (χ0n) is 12.3. The summed E-state index contributed by atoms with van der Waals surface area (Å²) in [5.41, 5.74) is 2.18. The minimum atomic E-state index is -0.383. The van der Waals surface area contributed by atoms with Crippen LogP contribution in [0.15, 0.2) is 60.3 Å². The molecule has 0 aliphatic carbocycles. The summed E-state index contributed by atoms with van der Waals surface area (Å²) in [6.07, 6.45) is 2.29. The first-order chi connectivity index (χ1) is 11.1. The molecule has 5 heteroatoms. The highest BCUT2D eigenvalue weighted by Gasteiger charge is 2.32. The van der Waals surface area contributed by atoms with Gasteiger partial charge in [0.1, 0.15) is 5.70 Å². The van der Waals surface area contributed by atoms with Crippen molar-refractivity contribution < 1.29 is 9.59 Å². The Bertz CT molecular complexity index is 754. The Morgan fingerprint density at radius 3 is 2.39 bits per heavy atom. The molecule has 0 saturated carbocycles. The molecule has 1 heterocycles. The second-order valence-corrected chi connectivity index (χ2v) is 5.67. The summed E-state index contributed by atoms with van der Waals surface area (Å²) in [6.45, 7) is 0.354. The molecule has 1 fully saturated rings. The van der Waals surface area contributed by atoms with Gasteiger partial charge in [0.15, 0.2) is 0 Å². The molecule has 4 nitrogen and oxygen atoms in total. The van der Waals surface area contributed by atoms with E-state index in [1.54, 1.807) is 30.3 Å². The number of benzene rings is 2. The number of imide groups is 1. The van der Waals surface area contributed by atoms with Crippen molar-refractivity contribution in [3.63, 3.8) is 0 Å². The number of hydrogen-bond acceptors (Lipinski definition) is 2. The largest absolute Gasteiger partial charge is 0.329 e. The molecular formula is C18H15ClN2O2. The van der Waals surface area contributed by atoms with E-state index in [0.717, 1.165) is 11.1 Å². The van der Waals surface area contributed by atoms with Gasteiger partial charge in [0.2, 0.25) is 0 Å². The Kier molecular flexibility index (Phi) is 4.44. The normalized spacial score (nSPS) is 16.0. The van der Waals surface area contributed by atoms with E-state index in [0.29, 0.717) is 18.0 Å². The van der Waals surface area contributed by atoms with Crippen LogP contribution < -0.4 is 5.32 Å². The Morgan fingerprint density at radius 1 is 1.00 bits per heavy atom. The van der Waals surface area contributed by atoms with Crippen LogP contribution in [0.4, 0.5) is 4.79 Å². The van der Waals surface area contributed by atoms with Crippen molar-refractivity contribution in [2.24, 2.45) is 0 Å². The molecule has 0 bridgehead atoms. The van der Waals surface area contributed by atoms with Crippen LogP contribution in [0, 0.1) is 0 Å². The van der Waals surface area contributed by atoms with E-state index in [1.165, 1.54) is 4.90 Å². The van der Waals surface area contributed by atoms with Crippen LogP contribution in [0.25, 0.3) is 6.08 Å². The molecule has 2 aromatic carbocycles. The van der Waals surface area contributed by atoms with Crippen molar-refractivity contribution in [3.05, 3.63) is 76.4 Å². The average Bonchev–Trinajstić information content (AvgIpc) is 2.82.